The molecule has 1 fully saturated rings. The van der Waals surface area contributed by atoms with Crippen LogP contribution in [0.3, 0.4) is 0 Å². The fraction of sp³-hybridized carbons (Fsp3) is 0.909. The van der Waals surface area contributed by atoms with Crippen LogP contribution in [-0.4, -0.2) is 34.1 Å². The molecule has 2 unspecified atom stereocenters. The van der Waals surface area contributed by atoms with E-state index in [1.807, 2.05) is 32.6 Å². The molecule has 0 bridgehead atoms. The molecule has 1 amide bonds. The van der Waals surface area contributed by atoms with Gasteiger partial charge in [0.15, 0.2) is 0 Å². The summed E-state index contributed by atoms with van der Waals surface area (Å²) in [5.41, 5.74) is 0. The lowest BCUT2D eigenvalue weighted by Gasteiger charge is -2.42. The maximum atomic E-state index is 11.9. The Morgan fingerprint density at radius 1 is 1.29 bits per heavy atom. The molecule has 0 aliphatic carbocycles. The molecule has 0 aromatic carbocycles. The number of carbonyl (C=O) groups excluding carboxylic acids is 1. The van der Waals surface area contributed by atoms with Gasteiger partial charge < -0.3 is 10.0 Å². The minimum atomic E-state index is -0.240. The van der Waals surface area contributed by atoms with E-state index in [9.17, 15) is 9.90 Å². The Bertz CT molecular complexity index is 203. The maximum Gasteiger partial charge on any atom is 0.225 e. The SMILES string of the molecule is CC(C)C(=O)N1C(C)CC(O)CC1C. The van der Waals surface area contributed by atoms with E-state index in [-0.39, 0.29) is 30.0 Å². The summed E-state index contributed by atoms with van der Waals surface area (Å²) in [6.45, 7) is 7.87. The summed E-state index contributed by atoms with van der Waals surface area (Å²) in [7, 11) is 0. The van der Waals surface area contributed by atoms with Gasteiger partial charge in [0.25, 0.3) is 0 Å². The maximum absolute atomic E-state index is 11.9. The fourth-order valence-corrected chi connectivity index (χ4v) is 2.28. The summed E-state index contributed by atoms with van der Waals surface area (Å²) in [6, 6.07) is 0.340. The lowest BCUT2D eigenvalue weighted by Crippen LogP contribution is -2.52. The molecule has 0 aromatic rings. The predicted octanol–water partition coefficient (Wildman–Crippen LogP) is 1.40. The Morgan fingerprint density at radius 3 is 2.07 bits per heavy atom. The average molecular weight is 199 g/mol. The molecule has 1 N–H and O–H groups in total. The quantitative estimate of drug-likeness (QED) is 0.693. The number of amides is 1. The van der Waals surface area contributed by atoms with Crippen LogP contribution < -0.4 is 0 Å². The minimum Gasteiger partial charge on any atom is -0.393 e. The van der Waals surface area contributed by atoms with Crippen molar-refractivity contribution in [2.24, 2.45) is 5.92 Å². The summed E-state index contributed by atoms with van der Waals surface area (Å²) in [6.07, 6.45) is 1.18. The molecule has 1 aliphatic heterocycles. The van der Waals surface area contributed by atoms with E-state index in [4.69, 9.17) is 0 Å². The standard InChI is InChI=1S/C11H21NO2/c1-7(2)11(14)12-8(3)5-10(13)6-9(12)4/h7-10,13H,5-6H2,1-4H3. The lowest BCUT2D eigenvalue weighted by molar-refractivity contribution is -0.142. The van der Waals surface area contributed by atoms with Gasteiger partial charge in [-0.15, -0.1) is 0 Å². The van der Waals surface area contributed by atoms with Crippen molar-refractivity contribution in [3.8, 4) is 0 Å². The molecular formula is C11H21NO2. The molecule has 14 heavy (non-hydrogen) atoms. The number of hydrogen-bond donors (Lipinski definition) is 1. The van der Waals surface area contributed by atoms with Crippen molar-refractivity contribution < 1.29 is 9.90 Å². The number of aliphatic hydroxyl groups excluding tert-OH is 1. The van der Waals surface area contributed by atoms with Gasteiger partial charge in [0, 0.05) is 18.0 Å². The predicted molar refractivity (Wildman–Crippen MR) is 55.8 cm³/mol. The third kappa shape index (κ3) is 2.27. The molecule has 82 valence electrons. The highest BCUT2D eigenvalue weighted by Gasteiger charge is 2.33. The van der Waals surface area contributed by atoms with Crippen LogP contribution in [0.15, 0.2) is 0 Å². The number of aliphatic hydroxyl groups is 1. The van der Waals surface area contributed by atoms with Crippen molar-refractivity contribution in [2.45, 2.75) is 58.7 Å². The Labute approximate surface area is 86.1 Å². The minimum absolute atomic E-state index is 0.0511. The first-order valence-corrected chi connectivity index (χ1v) is 5.43. The lowest BCUT2D eigenvalue weighted by atomic mass is 9.93. The van der Waals surface area contributed by atoms with Crippen molar-refractivity contribution in [1.29, 1.82) is 0 Å². The van der Waals surface area contributed by atoms with E-state index >= 15 is 0 Å². The number of piperidine rings is 1. The summed E-state index contributed by atoms with van der Waals surface area (Å²) in [5.74, 6) is 0.257. The number of likely N-dealkylation sites (tertiary alicyclic amines) is 1. The average Bonchev–Trinajstić information content (AvgIpc) is 2.01. The van der Waals surface area contributed by atoms with Crippen LogP contribution in [0.4, 0.5) is 0 Å². The molecule has 1 heterocycles. The second kappa shape index (κ2) is 4.30. The molecule has 3 nitrogen and oxygen atoms in total. The van der Waals surface area contributed by atoms with Gasteiger partial charge in [0.05, 0.1) is 6.10 Å². The second-order valence-electron chi connectivity index (χ2n) is 4.72. The Balaban J connectivity index is 2.72. The number of rotatable bonds is 1. The molecule has 3 heteroatoms. The fourth-order valence-electron chi connectivity index (χ4n) is 2.28. The third-order valence-electron chi connectivity index (χ3n) is 2.92. The molecule has 1 aliphatic rings. The van der Waals surface area contributed by atoms with Crippen molar-refractivity contribution >= 4 is 5.91 Å². The number of carbonyl (C=O) groups is 1. The first-order chi connectivity index (χ1) is 6.43. The van der Waals surface area contributed by atoms with Gasteiger partial charge in [-0.2, -0.15) is 0 Å². The van der Waals surface area contributed by atoms with Gasteiger partial charge in [-0.05, 0) is 26.7 Å². The molecule has 1 saturated heterocycles. The van der Waals surface area contributed by atoms with Crippen molar-refractivity contribution in [2.75, 3.05) is 0 Å². The van der Waals surface area contributed by atoms with Crippen molar-refractivity contribution in [1.82, 2.24) is 4.90 Å². The second-order valence-corrected chi connectivity index (χ2v) is 4.72. The van der Waals surface area contributed by atoms with Crippen LogP contribution in [0.1, 0.15) is 40.5 Å². The highest BCUT2D eigenvalue weighted by Crippen LogP contribution is 2.24. The van der Waals surface area contributed by atoms with Crippen LogP contribution in [0.25, 0.3) is 0 Å². The van der Waals surface area contributed by atoms with E-state index in [1.165, 1.54) is 0 Å². The van der Waals surface area contributed by atoms with E-state index in [0.29, 0.717) is 12.8 Å². The zero-order valence-corrected chi connectivity index (χ0v) is 9.53. The Kier molecular flexibility index (Phi) is 3.53. The third-order valence-corrected chi connectivity index (χ3v) is 2.92. The van der Waals surface area contributed by atoms with Gasteiger partial charge in [0.2, 0.25) is 5.91 Å². The van der Waals surface area contributed by atoms with Crippen LogP contribution in [-0.2, 0) is 4.79 Å². The van der Waals surface area contributed by atoms with Crippen LogP contribution >= 0.6 is 0 Å². The zero-order chi connectivity index (χ0) is 10.9. The molecule has 0 aromatic heterocycles. The normalized spacial score (nSPS) is 33.6. The molecule has 2 atom stereocenters. The molecule has 1 rings (SSSR count). The molecule has 0 radical (unpaired) electrons. The van der Waals surface area contributed by atoms with E-state index in [1.54, 1.807) is 0 Å². The Morgan fingerprint density at radius 2 is 1.71 bits per heavy atom. The smallest absolute Gasteiger partial charge is 0.225 e. The van der Waals surface area contributed by atoms with Crippen molar-refractivity contribution in [3.63, 3.8) is 0 Å². The Hall–Kier alpha value is -0.570. The number of nitrogens with zero attached hydrogens (tertiary/aromatic N) is 1. The molecule has 0 saturated carbocycles. The topological polar surface area (TPSA) is 40.5 Å². The summed E-state index contributed by atoms with van der Waals surface area (Å²) in [4.78, 5) is 13.8. The van der Waals surface area contributed by atoms with Gasteiger partial charge in [0.1, 0.15) is 0 Å². The summed E-state index contributed by atoms with van der Waals surface area (Å²) >= 11 is 0. The zero-order valence-electron chi connectivity index (χ0n) is 9.53. The van der Waals surface area contributed by atoms with E-state index < -0.39 is 0 Å². The summed E-state index contributed by atoms with van der Waals surface area (Å²) < 4.78 is 0. The largest absolute Gasteiger partial charge is 0.393 e. The van der Waals surface area contributed by atoms with Gasteiger partial charge >= 0.3 is 0 Å². The highest BCUT2D eigenvalue weighted by atomic mass is 16.3. The van der Waals surface area contributed by atoms with Gasteiger partial charge in [-0.1, -0.05) is 13.8 Å². The van der Waals surface area contributed by atoms with Crippen LogP contribution in [0.2, 0.25) is 0 Å². The highest BCUT2D eigenvalue weighted by molar-refractivity contribution is 5.78. The van der Waals surface area contributed by atoms with Crippen LogP contribution in [0, 0.1) is 5.92 Å². The van der Waals surface area contributed by atoms with Gasteiger partial charge in [-0.3, -0.25) is 4.79 Å². The first-order valence-electron chi connectivity index (χ1n) is 5.43. The summed E-state index contributed by atoms with van der Waals surface area (Å²) in [5, 5.41) is 9.55. The van der Waals surface area contributed by atoms with E-state index in [2.05, 4.69) is 0 Å². The first kappa shape index (κ1) is 11.5. The van der Waals surface area contributed by atoms with Crippen molar-refractivity contribution in [3.05, 3.63) is 0 Å². The molecular weight excluding hydrogens is 178 g/mol. The molecule has 0 spiro atoms. The number of hydrogen-bond acceptors (Lipinski definition) is 2. The van der Waals surface area contributed by atoms with Gasteiger partial charge in [-0.25, -0.2) is 0 Å². The monoisotopic (exact) mass is 199 g/mol. The van der Waals surface area contributed by atoms with E-state index in [0.717, 1.165) is 0 Å². The van der Waals surface area contributed by atoms with Crippen LogP contribution in [0.5, 0.6) is 0 Å².